The third-order valence-electron chi connectivity index (χ3n) is 5.46. The summed E-state index contributed by atoms with van der Waals surface area (Å²) in [7, 11) is 0. The number of halogens is 1. The Hall–Kier alpha value is -1.85. The van der Waals surface area contributed by atoms with Crippen LogP contribution >= 0.6 is 15.9 Å². The molecule has 1 unspecified atom stereocenters. The molecular formula is C20H21BrN2O2. The Morgan fingerprint density at radius 1 is 1.12 bits per heavy atom. The van der Waals surface area contributed by atoms with E-state index in [9.17, 15) is 9.90 Å². The smallest absolute Gasteiger partial charge is 0.412 e. The van der Waals surface area contributed by atoms with Crippen molar-refractivity contribution in [2.75, 3.05) is 24.5 Å². The van der Waals surface area contributed by atoms with Crippen LogP contribution in [0.25, 0.3) is 11.1 Å². The molecule has 2 bridgehead atoms. The van der Waals surface area contributed by atoms with Gasteiger partial charge in [-0.25, -0.2) is 4.79 Å². The molecule has 0 aliphatic carbocycles. The van der Waals surface area contributed by atoms with Crippen LogP contribution in [0.5, 0.6) is 0 Å². The van der Waals surface area contributed by atoms with Crippen LogP contribution in [0.2, 0.25) is 0 Å². The second-order valence-electron chi connectivity index (χ2n) is 6.89. The highest BCUT2D eigenvalue weighted by Gasteiger charge is 2.40. The van der Waals surface area contributed by atoms with Crippen LogP contribution in [0.3, 0.4) is 0 Å². The van der Waals surface area contributed by atoms with Gasteiger partial charge in [-0.15, -0.1) is 0 Å². The summed E-state index contributed by atoms with van der Waals surface area (Å²) >= 11 is 3.53. The number of amides is 1. The Morgan fingerprint density at radius 2 is 1.84 bits per heavy atom. The van der Waals surface area contributed by atoms with Gasteiger partial charge >= 0.3 is 6.09 Å². The molecule has 4 nitrogen and oxygen atoms in total. The Balaban J connectivity index is 1.79. The fraction of sp³-hybridized carbons (Fsp3) is 0.350. The van der Waals surface area contributed by atoms with Crippen LogP contribution in [0.4, 0.5) is 10.5 Å². The number of anilines is 1. The molecule has 0 spiro atoms. The zero-order chi connectivity index (χ0) is 17.4. The van der Waals surface area contributed by atoms with Crippen LogP contribution < -0.4 is 4.90 Å². The predicted molar refractivity (Wildman–Crippen MR) is 103 cm³/mol. The van der Waals surface area contributed by atoms with Gasteiger partial charge in [-0.05, 0) is 55.6 Å². The maximum Gasteiger partial charge on any atom is 0.412 e. The minimum Gasteiger partial charge on any atom is -0.465 e. The standard InChI is InChI=1S/C20H21BrN2O2/c21-16-6-7-18(17(12-16)14-4-2-1-3-5-14)23(20(24)25)19-13-22-10-8-15(19)9-11-22/h1-7,12,15,19H,8-11,13H2,(H,24,25). The SMILES string of the molecule is O=C(O)N(c1ccc(Br)cc1-c1ccccc1)C1CN2CCC1CC2. The molecule has 5 rings (SSSR count). The van der Waals surface area contributed by atoms with Crippen molar-refractivity contribution < 1.29 is 9.90 Å². The molecular weight excluding hydrogens is 380 g/mol. The molecule has 2 aromatic rings. The largest absolute Gasteiger partial charge is 0.465 e. The number of carboxylic acid groups (broad SMARTS) is 1. The molecule has 1 N–H and O–H groups in total. The van der Waals surface area contributed by atoms with E-state index in [2.05, 4.69) is 20.8 Å². The molecule has 5 heteroatoms. The van der Waals surface area contributed by atoms with Gasteiger partial charge in [-0.3, -0.25) is 4.90 Å². The van der Waals surface area contributed by atoms with E-state index in [-0.39, 0.29) is 6.04 Å². The maximum atomic E-state index is 12.2. The van der Waals surface area contributed by atoms with Crippen molar-refractivity contribution >= 4 is 27.7 Å². The quantitative estimate of drug-likeness (QED) is 0.811. The van der Waals surface area contributed by atoms with Crippen molar-refractivity contribution in [1.29, 1.82) is 0 Å². The van der Waals surface area contributed by atoms with Gasteiger partial charge in [0, 0.05) is 16.6 Å². The number of piperidine rings is 3. The van der Waals surface area contributed by atoms with Gasteiger partial charge in [0.25, 0.3) is 0 Å². The summed E-state index contributed by atoms with van der Waals surface area (Å²) in [6, 6.07) is 15.9. The van der Waals surface area contributed by atoms with Crippen LogP contribution in [0.1, 0.15) is 12.8 Å². The van der Waals surface area contributed by atoms with Gasteiger partial charge in [-0.2, -0.15) is 0 Å². The van der Waals surface area contributed by atoms with Crippen molar-refractivity contribution in [2.45, 2.75) is 18.9 Å². The molecule has 2 aromatic carbocycles. The summed E-state index contributed by atoms with van der Waals surface area (Å²) in [6.45, 7) is 3.03. The number of carbonyl (C=O) groups is 1. The van der Waals surface area contributed by atoms with E-state index >= 15 is 0 Å². The van der Waals surface area contributed by atoms with E-state index < -0.39 is 6.09 Å². The highest BCUT2D eigenvalue weighted by molar-refractivity contribution is 9.10. The second-order valence-corrected chi connectivity index (χ2v) is 7.80. The van der Waals surface area contributed by atoms with E-state index in [0.29, 0.717) is 5.92 Å². The average molecular weight is 401 g/mol. The average Bonchev–Trinajstić information content (AvgIpc) is 2.64. The number of fused-ring (bicyclic) bond motifs is 3. The van der Waals surface area contributed by atoms with Gasteiger partial charge in [0.2, 0.25) is 0 Å². The number of nitrogens with zero attached hydrogens (tertiary/aromatic N) is 2. The summed E-state index contributed by atoms with van der Waals surface area (Å²) in [5, 5.41) is 10.0. The maximum absolute atomic E-state index is 12.2. The Bertz CT molecular complexity index is 773. The first kappa shape index (κ1) is 16.6. The van der Waals surface area contributed by atoms with Gasteiger partial charge in [0.1, 0.15) is 0 Å². The zero-order valence-electron chi connectivity index (χ0n) is 13.9. The fourth-order valence-electron chi connectivity index (χ4n) is 4.22. The van der Waals surface area contributed by atoms with Crippen LogP contribution in [0.15, 0.2) is 53.0 Å². The lowest BCUT2D eigenvalue weighted by Crippen LogP contribution is -2.58. The van der Waals surface area contributed by atoms with Gasteiger partial charge < -0.3 is 10.0 Å². The van der Waals surface area contributed by atoms with E-state index in [4.69, 9.17) is 0 Å². The highest BCUT2D eigenvalue weighted by atomic mass is 79.9. The lowest BCUT2D eigenvalue weighted by Gasteiger charge is -2.48. The molecule has 3 aliphatic heterocycles. The van der Waals surface area contributed by atoms with Crippen molar-refractivity contribution in [3.05, 3.63) is 53.0 Å². The Labute approximate surface area is 156 Å². The Morgan fingerprint density at radius 3 is 2.44 bits per heavy atom. The van der Waals surface area contributed by atoms with E-state index in [1.165, 1.54) is 0 Å². The summed E-state index contributed by atoms with van der Waals surface area (Å²) in [4.78, 5) is 16.2. The summed E-state index contributed by atoms with van der Waals surface area (Å²) in [6.07, 6.45) is 1.32. The number of hydrogen-bond donors (Lipinski definition) is 1. The minimum absolute atomic E-state index is 0.0311. The molecule has 130 valence electrons. The number of hydrogen-bond acceptors (Lipinski definition) is 2. The molecule has 0 saturated carbocycles. The molecule has 3 saturated heterocycles. The lowest BCUT2D eigenvalue weighted by atomic mass is 9.82. The number of rotatable bonds is 3. The predicted octanol–water partition coefficient (Wildman–Crippen LogP) is 4.69. The number of benzene rings is 2. The van der Waals surface area contributed by atoms with Gasteiger partial charge in [-0.1, -0.05) is 46.3 Å². The first-order chi connectivity index (χ1) is 12.1. The Kier molecular flexibility index (Phi) is 4.52. The third-order valence-corrected chi connectivity index (χ3v) is 5.96. The van der Waals surface area contributed by atoms with Gasteiger partial charge in [0.15, 0.2) is 0 Å². The van der Waals surface area contributed by atoms with Crippen LogP contribution in [0, 0.1) is 5.92 Å². The molecule has 3 aliphatic rings. The van der Waals surface area contributed by atoms with Crippen molar-refractivity contribution in [1.82, 2.24) is 4.90 Å². The first-order valence-corrected chi connectivity index (χ1v) is 9.52. The van der Waals surface area contributed by atoms with Crippen LogP contribution in [-0.2, 0) is 0 Å². The normalized spacial score (nSPS) is 24.9. The zero-order valence-corrected chi connectivity index (χ0v) is 15.5. The molecule has 3 heterocycles. The molecule has 1 atom stereocenters. The molecule has 0 radical (unpaired) electrons. The molecule has 3 fully saturated rings. The first-order valence-electron chi connectivity index (χ1n) is 8.73. The minimum atomic E-state index is -0.863. The monoisotopic (exact) mass is 400 g/mol. The van der Waals surface area contributed by atoms with E-state index in [1.54, 1.807) is 4.90 Å². The summed E-state index contributed by atoms with van der Waals surface area (Å²) in [5.74, 6) is 0.452. The third kappa shape index (κ3) is 3.18. The highest BCUT2D eigenvalue weighted by Crippen LogP contribution is 2.39. The lowest BCUT2D eigenvalue weighted by molar-refractivity contribution is 0.0838. The summed E-state index contributed by atoms with van der Waals surface area (Å²) in [5.41, 5.74) is 2.76. The van der Waals surface area contributed by atoms with Crippen LogP contribution in [-0.4, -0.2) is 41.8 Å². The van der Waals surface area contributed by atoms with Crippen molar-refractivity contribution in [3.8, 4) is 11.1 Å². The fourth-order valence-corrected chi connectivity index (χ4v) is 4.58. The molecule has 25 heavy (non-hydrogen) atoms. The van der Waals surface area contributed by atoms with E-state index in [0.717, 1.165) is 53.8 Å². The summed E-state index contributed by atoms with van der Waals surface area (Å²) < 4.78 is 0.953. The molecule has 1 amide bonds. The van der Waals surface area contributed by atoms with Crippen molar-refractivity contribution in [2.24, 2.45) is 5.92 Å². The topological polar surface area (TPSA) is 43.8 Å². The second kappa shape index (κ2) is 6.81. The van der Waals surface area contributed by atoms with Gasteiger partial charge in [0.05, 0.1) is 11.7 Å². The molecule has 0 aromatic heterocycles. The van der Waals surface area contributed by atoms with E-state index in [1.807, 2.05) is 48.5 Å². The van der Waals surface area contributed by atoms with Crippen molar-refractivity contribution in [3.63, 3.8) is 0 Å².